The zero-order chi connectivity index (χ0) is 23.7. The van der Waals surface area contributed by atoms with Crippen LogP contribution >= 0.6 is 0 Å². The number of para-hydroxylation sites is 3. The molecule has 9 nitrogen and oxygen atoms in total. The molecule has 1 N–H and O–H groups in total. The summed E-state index contributed by atoms with van der Waals surface area (Å²) in [6.07, 6.45) is 0.437. The molecule has 172 valence electrons. The van der Waals surface area contributed by atoms with Crippen molar-refractivity contribution in [2.75, 3.05) is 18.5 Å². The van der Waals surface area contributed by atoms with Crippen LogP contribution in [0, 0.1) is 6.92 Å². The Morgan fingerprint density at radius 1 is 1.15 bits per heavy atom. The van der Waals surface area contributed by atoms with Gasteiger partial charge in [0, 0.05) is 5.39 Å². The molecule has 1 aliphatic heterocycles. The summed E-state index contributed by atoms with van der Waals surface area (Å²) in [4.78, 5) is 30.4. The minimum atomic E-state index is -0.917. The first-order valence-electron chi connectivity index (χ1n) is 10.9. The minimum Gasteiger partial charge on any atom is -0.485 e. The predicted octanol–water partition coefficient (Wildman–Crippen LogP) is 3.68. The number of esters is 1. The second kappa shape index (κ2) is 8.86. The van der Waals surface area contributed by atoms with Crippen LogP contribution in [0.5, 0.6) is 11.5 Å². The molecule has 0 spiro atoms. The van der Waals surface area contributed by atoms with Crippen LogP contribution < -0.4 is 14.8 Å². The zero-order valence-electron chi connectivity index (χ0n) is 18.6. The van der Waals surface area contributed by atoms with E-state index in [0.717, 1.165) is 16.5 Å². The fraction of sp³-hybridized carbons (Fsp3) is 0.200. The summed E-state index contributed by atoms with van der Waals surface area (Å²) in [6.45, 7) is 3.88. The Labute approximate surface area is 195 Å². The first kappa shape index (κ1) is 21.4. The topological polar surface area (TPSA) is 105 Å². The molecule has 9 heteroatoms. The maximum atomic E-state index is 13.1. The van der Waals surface area contributed by atoms with Gasteiger partial charge in [0.15, 0.2) is 23.1 Å². The number of aryl methyl sites for hydroxylation is 1. The van der Waals surface area contributed by atoms with Gasteiger partial charge in [-0.2, -0.15) is 9.78 Å². The number of anilines is 1. The summed E-state index contributed by atoms with van der Waals surface area (Å²) in [5.74, 6) is 0.549. The molecule has 2 aromatic heterocycles. The van der Waals surface area contributed by atoms with Gasteiger partial charge in [-0.15, -0.1) is 0 Å². The van der Waals surface area contributed by atoms with Gasteiger partial charge in [-0.25, -0.2) is 9.78 Å². The molecule has 4 aromatic rings. The van der Waals surface area contributed by atoms with E-state index in [2.05, 4.69) is 15.4 Å². The van der Waals surface area contributed by atoms with Gasteiger partial charge in [-0.3, -0.25) is 4.79 Å². The number of amides is 1. The van der Waals surface area contributed by atoms with E-state index in [4.69, 9.17) is 14.2 Å². The molecule has 34 heavy (non-hydrogen) atoms. The molecule has 1 aliphatic rings. The summed E-state index contributed by atoms with van der Waals surface area (Å²) in [6, 6.07) is 16.7. The van der Waals surface area contributed by atoms with Crippen molar-refractivity contribution in [3.63, 3.8) is 0 Å². The van der Waals surface area contributed by atoms with Gasteiger partial charge in [0.1, 0.15) is 12.2 Å². The van der Waals surface area contributed by atoms with Gasteiger partial charge in [-0.05, 0) is 43.7 Å². The number of ether oxygens (including phenoxy) is 3. The molecular formula is C25H22N4O5. The quantitative estimate of drug-likeness (QED) is 0.455. The smallest absolute Gasteiger partial charge is 0.343 e. The predicted molar refractivity (Wildman–Crippen MR) is 125 cm³/mol. The summed E-state index contributed by atoms with van der Waals surface area (Å²) >= 11 is 0. The van der Waals surface area contributed by atoms with Crippen LogP contribution in [0.4, 0.5) is 5.82 Å². The van der Waals surface area contributed by atoms with E-state index in [9.17, 15) is 9.59 Å². The van der Waals surface area contributed by atoms with Crippen molar-refractivity contribution in [2.45, 2.75) is 20.0 Å². The maximum Gasteiger partial charge on any atom is 0.343 e. The van der Waals surface area contributed by atoms with Crippen molar-refractivity contribution in [3.8, 4) is 17.3 Å². The zero-order valence-corrected chi connectivity index (χ0v) is 18.6. The highest BCUT2D eigenvalue weighted by Gasteiger charge is 2.30. The summed E-state index contributed by atoms with van der Waals surface area (Å²) in [5, 5.41) is 8.12. The Morgan fingerprint density at radius 3 is 2.74 bits per heavy atom. The van der Waals surface area contributed by atoms with Crippen LogP contribution in [-0.4, -0.2) is 46.0 Å². The van der Waals surface area contributed by atoms with E-state index in [1.165, 1.54) is 10.9 Å². The van der Waals surface area contributed by atoms with Gasteiger partial charge in [-0.1, -0.05) is 30.3 Å². The third-order valence-corrected chi connectivity index (χ3v) is 5.43. The van der Waals surface area contributed by atoms with Gasteiger partial charge in [0.25, 0.3) is 5.91 Å². The standard InChI is InChI=1S/C25H22N4O5/c1-3-32-25(31)17-13-26-29(22-12-15(2)16-8-4-5-9-18(16)27-22)23(17)28-24(30)21-14-33-19-10-6-7-11-20(19)34-21/h4-13,21H,3,14H2,1-2H3,(H,28,30). The Bertz CT molecular complexity index is 1400. The minimum absolute atomic E-state index is 0.0268. The van der Waals surface area contributed by atoms with Crippen molar-refractivity contribution in [2.24, 2.45) is 0 Å². The highest BCUT2D eigenvalue weighted by atomic mass is 16.6. The van der Waals surface area contributed by atoms with Gasteiger partial charge in [0.05, 0.1) is 18.3 Å². The largest absolute Gasteiger partial charge is 0.485 e. The second-order valence-corrected chi connectivity index (χ2v) is 7.71. The molecule has 1 amide bonds. The van der Waals surface area contributed by atoms with E-state index in [0.29, 0.717) is 17.3 Å². The van der Waals surface area contributed by atoms with Gasteiger partial charge in [0.2, 0.25) is 6.10 Å². The summed E-state index contributed by atoms with van der Waals surface area (Å²) in [7, 11) is 0. The number of rotatable bonds is 5. The van der Waals surface area contributed by atoms with Crippen molar-refractivity contribution in [1.29, 1.82) is 0 Å². The number of fused-ring (bicyclic) bond motifs is 2. The number of hydrogen-bond acceptors (Lipinski definition) is 7. The number of carbonyl (C=O) groups is 2. The van der Waals surface area contributed by atoms with Crippen LogP contribution in [-0.2, 0) is 9.53 Å². The normalized spacial score (nSPS) is 14.6. The highest BCUT2D eigenvalue weighted by molar-refractivity contribution is 6.02. The molecule has 0 aliphatic carbocycles. The molecule has 3 heterocycles. The number of aromatic nitrogens is 3. The lowest BCUT2D eigenvalue weighted by Gasteiger charge is -2.25. The van der Waals surface area contributed by atoms with Crippen molar-refractivity contribution in [3.05, 3.63) is 71.9 Å². The Kier molecular flexibility index (Phi) is 5.59. The number of nitrogens with one attached hydrogen (secondary N) is 1. The fourth-order valence-electron chi connectivity index (χ4n) is 3.79. The van der Waals surface area contributed by atoms with Crippen molar-refractivity contribution < 1.29 is 23.8 Å². The molecule has 0 bridgehead atoms. The molecule has 0 fully saturated rings. The first-order valence-corrected chi connectivity index (χ1v) is 10.9. The van der Waals surface area contributed by atoms with Gasteiger partial charge < -0.3 is 19.5 Å². The highest BCUT2D eigenvalue weighted by Crippen LogP contribution is 2.31. The lowest BCUT2D eigenvalue weighted by Crippen LogP contribution is -2.40. The van der Waals surface area contributed by atoms with E-state index in [-0.39, 0.29) is 24.6 Å². The molecular weight excluding hydrogens is 436 g/mol. The maximum absolute atomic E-state index is 13.1. The molecule has 2 aromatic carbocycles. The second-order valence-electron chi connectivity index (χ2n) is 7.71. The SMILES string of the molecule is CCOC(=O)c1cnn(-c2cc(C)c3ccccc3n2)c1NC(=O)C1COc2ccccc2O1. The molecule has 0 saturated heterocycles. The van der Waals surface area contributed by atoms with Crippen LogP contribution in [0.3, 0.4) is 0 Å². The average Bonchev–Trinajstić information content (AvgIpc) is 3.27. The number of hydrogen-bond donors (Lipinski definition) is 1. The average molecular weight is 458 g/mol. The van der Waals surface area contributed by atoms with E-state index in [1.54, 1.807) is 25.1 Å². The van der Waals surface area contributed by atoms with E-state index >= 15 is 0 Å². The summed E-state index contributed by atoms with van der Waals surface area (Å²) in [5.41, 5.74) is 1.86. The lowest BCUT2D eigenvalue weighted by atomic mass is 10.1. The molecule has 0 saturated carbocycles. The lowest BCUT2D eigenvalue weighted by molar-refractivity contribution is -0.125. The number of nitrogens with zero attached hydrogens (tertiary/aromatic N) is 3. The number of benzene rings is 2. The monoisotopic (exact) mass is 458 g/mol. The third kappa shape index (κ3) is 3.92. The van der Waals surface area contributed by atoms with Crippen molar-refractivity contribution >= 4 is 28.6 Å². The Morgan fingerprint density at radius 2 is 1.91 bits per heavy atom. The number of pyridine rings is 1. The van der Waals surface area contributed by atoms with E-state index in [1.807, 2.05) is 43.3 Å². The number of carbonyl (C=O) groups excluding carboxylic acids is 2. The molecule has 5 rings (SSSR count). The summed E-state index contributed by atoms with van der Waals surface area (Å²) < 4.78 is 18.1. The Balaban J connectivity index is 1.51. The Hall–Kier alpha value is -4.40. The van der Waals surface area contributed by atoms with Crippen LogP contribution in [0.15, 0.2) is 60.8 Å². The molecule has 1 atom stereocenters. The van der Waals surface area contributed by atoms with Gasteiger partial charge >= 0.3 is 5.97 Å². The molecule has 1 unspecified atom stereocenters. The third-order valence-electron chi connectivity index (χ3n) is 5.43. The van der Waals surface area contributed by atoms with E-state index < -0.39 is 18.0 Å². The first-order chi connectivity index (χ1) is 16.5. The van der Waals surface area contributed by atoms with Crippen LogP contribution in [0.2, 0.25) is 0 Å². The van der Waals surface area contributed by atoms with Crippen LogP contribution in [0.25, 0.3) is 16.7 Å². The van der Waals surface area contributed by atoms with Crippen LogP contribution in [0.1, 0.15) is 22.8 Å². The fourth-order valence-corrected chi connectivity index (χ4v) is 3.79. The molecule has 0 radical (unpaired) electrons. The van der Waals surface area contributed by atoms with Crippen molar-refractivity contribution in [1.82, 2.24) is 14.8 Å².